The summed E-state index contributed by atoms with van der Waals surface area (Å²) in [5.74, 6) is 0.301. The first-order valence-electron chi connectivity index (χ1n) is 8.55. The standard InChI is InChI=1S/C19H17ClN2O3S2/c20-17-8-7-16(27-17)14-11-26-19(21-14)22-18(23)13-5-1-2-6-15(13)25-10-12-4-3-9-24-12/h1-2,5-8,11-12H,3-4,9-10H2,(H,21,22,23)/t12-/m1/s1. The zero-order chi connectivity index (χ0) is 18.6. The molecule has 3 heterocycles. The molecule has 3 aromatic rings. The monoisotopic (exact) mass is 420 g/mol. The van der Waals surface area contributed by atoms with Gasteiger partial charge in [0, 0.05) is 12.0 Å². The fraction of sp³-hybridized carbons (Fsp3) is 0.263. The van der Waals surface area contributed by atoms with Gasteiger partial charge < -0.3 is 9.47 Å². The molecule has 0 spiro atoms. The Labute approximate surface area is 169 Å². The number of carbonyl (C=O) groups is 1. The van der Waals surface area contributed by atoms with Gasteiger partial charge in [0.2, 0.25) is 0 Å². The number of hydrogen-bond acceptors (Lipinski definition) is 6. The first-order valence-corrected chi connectivity index (χ1v) is 10.6. The molecule has 0 radical (unpaired) electrons. The fourth-order valence-corrected chi connectivity index (χ4v) is 4.58. The molecule has 5 nitrogen and oxygen atoms in total. The summed E-state index contributed by atoms with van der Waals surface area (Å²) >= 11 is 8.81. The van der Waals surface area contributed by atoms with Crippen molar-refractivity contribution in [2.24, 2.45) is 0 Å². The second-order valence-electron chi connectivity index (χ2n) is 6.04. The van der Waals surface area contributed by atoms with Gasteiger partial charge in [0.05, 0.1) is 26.6 Å². The molecule has 0 unspecified atom stereocenters. The molecule has 0 aliphatic carbocycles. The van der Waals surface area contributed by atoms with Gasteiger partial charge in [0.25, 0.3) is 5.91 Å². The number of thiazole rings is 1. The van der Waals surface area contributed by atoms with E-state index in [0.717, 1.165) is 30.0 Å². The van der Waals surface area contributed by atoms with Crippen LogP contribution >= 0.6 is 34.3 Å². The average molecular weight is 421 g/mol. The highest BCUT2D eigenvalue weighted by Crippen LogP contribution is 2.33. The van der Waals surface area contributed by atoms with Gasteiger partial charge in [-0.1, -0.05) is 23.7 Å². The van der Waals surface area contributed by atoms with Gasteiger partial charge >= 0.3 is 0 Å². The number of nitrogens with one attached hydrogen (secondary N) is 1. The number of anilines is 1. The zero-order valence-electron chi connectivity index (χ0n) is 14.3. The molecule has 1 atom stereocenters. The number of benzene rings is 1. The Bertz CT molecular complexity index is 934. The van der Waals surface area contributed by atoms with Crippen LogP contribution in [0.25, 0.3) is 10.6 Å². The summed E-state index contributed by atoms with van der Waals surface area (Å²) < 4.78 is 12.1. The summed E-state index contributed by atoms with van der Waals surface area (Å²) in [6.07, 6.45) is 2.14. The van der Waals surface area contributed by atoms with Crippen molar-refractivity contribution in [1.82, 2.24) is 4.98 Å². The van der Waals surface area contributed by atoms with E-state index in [4.69, 9.17) is 21.1 Å². The van der Waals surface area contributed by atoms with Gasteiger partial charge in [0.15, 0.2) is 5.13 Å². The van der Waals surface area contributed by atoms with Gasteiger partial charge in [-0.15, -0.1) is 22.7 Å². The second-order valence-corrected chi connectivity index (χ2v) is 8.61. The number of thiophene rings is 1. The summed E-state index contributed by atoms with van der Waals surface area (Å²) in [6, 6.07) is 11.0. The number of nitrogens with zero attached hydrogens (tertiary/aromatic N) is 1. The molecule has 0 saturated carbocycles. The predicted molar refractivity (Wildman–Crippen MR) is 109 cm³/mol. The highest BCUT2D eigenvalue weighted by molar-refractivity contribution is 7.20. The van der Waals surface area contributed by atoms with Crippen LogP contribution in [0, 0.1) is 0 Å². The van der Waals surface area contributed by atoms with E-state index in [1.165, 1.54) is 22.7 Å². The molecule has 1 amide bonds. The van der Waals surface area contributed by atoms with E-state index < -0.39 is 0 Å². The molecular weight excluding hydrogens is 404 g/mol. The van der Waals surface area contributed by atoms with Crippen LogP contribution in [0.15, 0.2) is 41.8 Å². The van der Waals surface area contributed by atoms with E-state index in [2.05, 4.69) is 10.3 Å². The molecule has 140 valence electrons. The van der Waals surface area contributed by atoms with Crippen LogP contribution in [-0.2, 0) is 4.74 Å². The molecule has 2 aromatic heterocycles. The van der Waals surface area contributed by atoms with Crippen LogP contribution in [-0.4, -0.2) is 30.2 Å². The number of ether oxygens (including phenoxy) is 2. The van der Waals surface area contributed by atoms with Gasteiger partial charge in [-0.3, -0.25) is 10.1 Å². The van der Waals surface area contributed by atoms with E-state index in [9.17, 15) is 4.79 Å². The van der Waals surface area contributed by atoms with Crippen molar-refractivity contribution >= 4 is 45.3 Å². The van der Waals surface area contributed by atoms with Crippen LogP contribution in [0.3, 0.4) is 0 Å². The number of amides is 1. The van der Waals surface area contributed by atoms with Crippen molar-refractivity contribution in [2.45, 2.75) is 18.9 Å². The minimum Gasteiger partial charge on any atom is -0.490 e. The molecule has 0 bridgehead atoms. The van der Waals surface area contributed by atoms with Gasteiger partial charge in [-0.25, -0.2) is 4.98 Å². The molecule has 1 N–H and O–H groups in total. The number of hydrogen-bond donors (Lipinski definition) is 1. The van der Waals surface area contributed by atoms with Crippen molar-refractivity contribution in [1.29, 1.82) is 0 Å². The molecule has 1 aliphatic heterocycles. The summed E-state index contributed by atoms with van der Waals surface area (Å²) in [7, 11) is 0. The first kappa shape index (κ1) is 18.4. The Morgan fingerprint density at radius 1 is 1.33 bits per heavy atom. The Morgan fingerprint density at radius 2 is 2.22 bits per heavy atom. The topological polar surface area (TPSA) is 60.5 Å². The van der Waals surface area contributed by atoms with Gasteiger partial charge in [-0.2, -0.15) is 0 Å². The van der Waals surface area contributed by atoms with Crippen LogP contribution in [0.2, 0.25) is 4.34 Å². The Balaban J connectivity index is 1.44. The summed E-state index contributed by atoms with van der Waals surface area (Å²) in [6.45, 7) is 1.23. The van der Waals surface area contributed by atoms with Crippen LogP contribution < -0.4 is 10.1 Å². The predicted octanol–water partition coefficient (Wildman–Crippen LogP) is 5.34. The number of rotatable bonds is 6. The van der Waals surface area contributed by atoms with Gasteiger partial charge in [-0.05, 0) is 37.1 Å². The molecular formula is C19H17ClN2O3S2. The minimum atomic E-state index is -0.247. The first-order chi connectivity index (χ1) is 13.2. The number of carbonyl (C=O) groups excluding carboxylic acids is 1. The minimum absolute atomic E-state index is 0.0975. The quantitative estimate of drug-likeness (QED) is 0.585. The summed E-state index contributed by atoms with van der Waals surface area (Å²) in [5.41, 5.74) is 1.28. The van der Waals surface area contributed by atoms with Crippen LogP contribution in [0.5, 0.6) is 5.75 Å². The lowest BCUT2D eigenvalue weighted by atomic mass is 10.2. The Morgan fingerprint density at radius 3 is 3.00 bits per heavy atom. The highest BCUT2D eigenvalue weighted by atomic mass is 35.5. The normalized spacial score (nSPS) is 16.4. The third kappa shape index (κ3) is 4.50. The molecule has 1 aliphatic rings. The Kier molecular flexibility index (Phi) is 5.73. The maximum absolute atomic E-state index is 12.7. The van der Waals surface area contributed by atoms with Crippen molar-refractivity contribution in [3.8, 4) is 16.3 Å². The van der Waals surface area contributed by atoms with Crippen molar-refractivity contribution in [3.63, 3.8) is 0 Å². The largest absolute Gasteiger partial charge is 0.490 e. The van der Waals surface area contributed by atoms with Crippen molar-refractivity contribution in [2.75, 3.05) is 18.5 Å². The SMILES string of the molecule is O=C(Nc1nc(-c2ccc(Cl)s2)cs1)c1ccccc1OC[C@H]1CCCO1. The lowest BCUT2D eigenvalue weighted by molar-refractivity contribution is 0.0673. The van der Waals surface area contributed by atoms with Crippen molar-refractivity contribution < 1.29 is 14.3 Å². The molecule has 4 rings (SSSR count). The van der Waals surface area contributed by atoms with Crippen molar-refractivity contribution in [3.05, 3.63) is 51.7 Å². The molecule has 27 heavy (non-hydrogen) atoms. The van der Waals surface area contributed by atoms with E-state index in [-0.39, 0.29) is 12.0 Å². The van der Waals surface area contributed by atoms with Crippen LogP contribution in [0.1, 0.15) is 23.2 Å². The van der Waals surface area contributed by atoms with Crippen LogP contribution in [0.4, 0.5) is 5.13 Å². The van der Waals surface area contributed by atoms with E-state index in [1.54, 1.807) is 12.1 Å². The van der Waals surface area contributed by atoms with E-state index in [1.807, 2.05) is 29.6 Å². The summed E-state index contributed by atoms with van der Waals surface area (Å²) in [4.78, 5) is 18.2. The van der Waals surface area contributed by atoms with E-state index in [0.29, 0.717) is 27.4 Å². The number of aromatic nitrogens is 1. The molecule has 1 fully saturated rings. The lowest BCUT2D eigenvalue weighted by Crippen LogP contribution is -2.19. The number of para-hydroxylation sites is 1. The molecule has 1 aromatic carbocycles. The third-order valence-corrected chi connectivity index (χ3v) is 6.14. The Hall–Kier alpha value is -1.93. The smallest absolute Gasteiger partial charge is 0.261 e. The maximum Gasteiger partial charge on any atom is 0.261 e. The molecule has 8 heteroatoms. The highest BCUT2D eigenvalue weighted by Gasteiger charge is 2.19. The lowest BCUT2D eigenvalue weighted by Gasteiger charge is -2.14. The third-order valence-electron chi connectivity index (χ3n) is 4.13. The zero-order valence-corrected chi connectivity index (χ0v) is 16.7. The second kappa shape index (κ2) is 8.39. The summed E-state index contributed by atoms with van der Waals surface area (Å²) in [5, 5.41) is 5.29. The van der Waals surface area contributed by atoms with Gasteiger partial charge in [0.1, 0.15) is 12.4 Å². The maximum atomic E-state index is 12.7. The number of halogens is 1. The molecule has 1 saturated heterocycles. The average Bonchev–Trinajstić information content (AvgIpc) is 3.42. The van der Waals surface area contributed by atoms with E-state index >= 15 is 0 Å². The fourth-order valence-electron chi connectivity index (χ4n) is 2.80.